The van der Waals surface area contributed by atoms with Gasteiger partial charge in [0.25, 0.3) is 11.8 Å². The number of rotatable bonds is 9. The maximum atomic E-state index is 13.0. The van der Waals surface area contributed by atoms with Crippen molar-refractivity contribution in [3.63, 3.8) is 0 Å². The maximum absolute atomic E-state index is 13.0. The number of para-hydroxylation sites is 1. The largest absolute Gasteiger partial charge is 0.483 e. The Kier molecular flexibility index (Phi) is 8.65. The van der Waals surface area contributed by atoms with Crippen molar-refractivity contribution in [2.75, 3.05) is 34.8 Å². The molecule has 32 heavy (non-hydrogen) atoms. The molecule has 1 N–H and O–H groups in total. The zero-order valence-electron chi connectivity index (χ0n) is 18.8. The summed E-state index contributed by atoms with van der Waals surface area (Å²) in [7, 11) is 2.26. The molecule has 1 unspecified atom stereocenters. The van der Waals surface area contributed by atoms with E-state index in [0.717, 1.165) is 4.31 Å². The highest BCUT2D eigenvalue weighted by Gasteiger charge is 2.24. The van der Waals surface area contributed by atoms with E-state index in [1.807, 2.05) is 19.1 Å². The molecule has 0 bridgehead atoms. The second-order valence-electron chi connectivity index (χ2n) is 7.48. The molecule has 10 heteroatoms. The smallest absolute Gasteiger partial charge is 0.259 e. The first-order valence-electron chi connectivity index (χ1n) is 9.93. The summed E-state index contributed by atoms with van der Waals surface area (Å²) in [6.07, 6.45) is 0.546. The highest BCUT2D eigenvalue weighted by atomic mass is 35.5. The SMILES string of the molecule is CCC(NC(=O)c1ccc(Cl)c(S(=O)(=O)N(C)C)c1)c1ccccc1OCC(=O)N(C)C. The van der Waals surface area contributed by atoms with Crippen LogP contribution in [0.3, 0.4) is 0 Å². The van der Waals surface area contributed by atoms with Crippen LogP contribution in [0.15, 0.2) is 47.4 Å². The molecule has 0 aliphatic carbocycles. The van der Waals surface area contributed by atoms with E-state index >= 15 is 0 Å². The number of hydrogen-bond donors (Lipinski definition) is 1. The first-order chi connectivity index (χ1) is 15.0. The summed E-state index contributed by atoms with van der Waals surface area (Å²) in [4.78, 5) is 26.1. The Morgan fingerprint density at radius 1 is 1.09 bits per heavy atom. The minimum Gasteiger partial charge on any atom is -0.483 e. The van der Waals surface area contributed by atoms with Gasteiger partial charge in [-0.25, -0.2) is 12.7 Å². The molecule has 0 aliphatic rings. The molecule has 2 aromatic rings. The lowest BCUT2D eigenvalue weighted by Crippen LogP contribution is -2.30. The fourth-order valence-corrected chi connectivity index (χ4v) is 4.24. The standard InChI is InChI=1S/C22H28ClN3O5S/c1-6-18(16-9-7-8-10-19(16)31-14-21(27)25(2)3)24-22(28)15-11-12-17(23)20(13-15)32(29,30)26(4)5/h7-13,18H,6,14H2,1-5H3,(H,24,28). The Bertz CT molecular complexity index is 1090. The van der Waals surface area contributed by atoms with E-state index in [0.29, 0.717) is 17.7 Å². The van der Waals surface area contributed by atoms with Gasteiger partial charge in [-0.15, -0.1) is 0 Å². The molecule has 1 atom stereocenters. The fraction of sp³-hybridized carbons (Fsp3) is 0.364. The molecule has 174 valence electrons. The van der Waals surface area contributed by atoms with Crippen molar-refractivity contribution in [1.82, 2.24) is 14.5 Å². The van der Waals surface area contributed by atoms with Crippen molar-refractivity contribution in [3.8, 4) is 5.75 Å². The summed E-state index contributed by atoms with van der Waals surface area (Å²) in [6.45, 7) is 1.77. The highest BCUT2D eigenvalue weighted by molar-refractivity contribution is 7.89. The Hall–Kier alpha value is -2.62. The van der Waals surface area contributed by atoms with Gasteiger partial charge in [0.15, 0.2) is 6.61 Å². The first kappa shape index (κ1) is 25.6. The van der Waals surface area contributed by atoms with Crippen molar-refractivity contribution in [2.45, 2.75) is 24.3 Å². The molecule has 0 heterocycles. The van der Waals surface area contributed by atoms with Crippen LogP contribution in [-0.2, 0) is 14.8 Å². The van der Waals surface area contributed by atoms with Crippen molar-refractivity contribution in [1.29, 1.82) is 0 Å². The Morgan fingerprint density at radius 2 is 1.75 bits per heavy atom. The van der Waals surface area contributed by atoms with E-state index in [1.165, 1.54) is 37.2 Å². The molecule has 0 aliphatic heterocycles. The van der Waals surface area contributed by atoms with Crippen LogP contribution in [0.1, 0.15) is 35.3 Å². The van der Waals surface area contributed by atoms with Crippen molar-refractivity contribution in [2.24, 2.45) is 0 Å². The van der Waals surface area contributed by atoms with E-state index < -0.39 is 22.0 Å². The van der Waals surface area contributed by atoms with E-state index in [-0.39, 0.29) is 28.0 Å². The molecule has 0 aromatic heterocycles. The second-order valence-corrected chi connectivity index (χ2v) is 10.0. The summed E-state index contributed by atoms with van der Waals surface area (Å²) < 4.78 is 31.7. The van der Waals surface area contributed by atoms with Crippen LogP contribution in [-0.4, -0.2) is 64.2 Å². The van der Waals surface area contributed by atoms with Gasteiger partial charge in [-0.05, 0) is 30.7 Å². The predicted octanol–water partition coefficient (Wildman–Crippen LogP) is 2.94. The summed E-state index contributed by atoms with van der Waals surface area (Å²) in [6, 6.07) is 10.8. The van der Waals surface area contributed by atoms with Crippen LogP contribution in [0.2, 0.25) is 5.02 Å². The normalized spacial score (nSPS) is 12.3. The maximum Gasteiger partial charge on any atom is 0.259 e. The monoisotopic (exact) mass is 481 g/mol. The van der Waals surface area contributed by atoms with Crippen molar-refractivity contribution in [3.05, 3.63) is 58.6 Å². The predicted molar refractivity (Wildman–Crippen MR) is 123 cm³/mol. The zero-order valence-corrected chi connectivity index (χ0v) is 20.3. The molecular formula is C22H28ClN3O5S. The zero-order chi connectivity index (χ0) is 24.1. The highest BCUT2D eigenvalue weighted by Crippen LogP contribution is 2.29. The molecule has 0 fully saturated rings. The van der Waals surface area contributed by atoms with Crippen LogP contribution >= 0.6 is 11.6 Å². The number of sulfonamides is 1. The van der Waals surface area contributed by atoms with Gasteiger partial charge in [-0.1, -0.05) is 36.7 Å². The van der Waals surface area contributed by atoms with Gasteiger partial charge < -0.3 is 15.0 Å². The Balaban J connectivity index is 2.29. The van der Waals surface area contributed by atoms with E-state index in [4.69, 9.17) is 16.3 Å². The van der Waals surface area contributed by atoms with Gasteiger partial charge in [0.05, 0.1) is 11.1 Å². The van der Waals surface area contributed by atoms with Crippen LogP contribution in [0.5, 0.6) is 5.75 Å². The number of nitrogens with zero attached hydrogens (tertiary/aromatic N) is 2. The molecule has 2 amide bonds. The fourth-order valence-electron chi connectivity index (χ4n) is 2.85. The molecule has 0 saturated heterocycles. The molecule has 8 nitrogen and oxygen atoms in total. The lowest BCUT2D eigenvalue weighted by Gasteiger charge is -2.21. The average molecular weight is 482 g/mol. The van der Waals surface area contributed by atoms with Crippen LogP contribution in [0, 0.1) is 0 Å². The van der Waals surface area contributed by atoms with Crippen LogP contribution in [0.25, 0.3) is 0 Å². The van der Waals surface area contributed by atoms with E-state index in [1.54, 1.807) is 26.2 Å². The first-order valence-corrected chi connectivity index (χ1v) is 11.8. The second kappa shape index (κ2) is 10.8. The summed E-state index contributed by atoms with van der Waals surface area (Å²) in [5, 5.41) is 2.95. The van der Waals surface area contributed by atoms with Crippen molar-refractivity contribution < 1.29 is 22.7 Å². The minimum atomic E-state index is -3.81. The number of amides is 2. The van der Waals surface area contributed by atoms with E-state index in [9.17, 15) is 18.0 Å². The van der Waals surface area contributed by atoms with Crippen LogP contribution < -0.4 is 10.1 Å². The van der Waals surface area contributed by atoms with Gasteiger partial charge in [0, 0.05) is 39.3 Å². The third kappa shape index (κ3) is 5.99. The molecule has 2 aromatic carbocycles. The molecule has 0 spiro atoms. The number of nitrogens with one attached hydrogen (secondary N) is 1. The van der Waals surface area contributed by atoms with E-state index in [2.05, 4.69) is 5.32 Å². The number of likely N-dealkylation sites (N-methyl/N-ethyl adjacent to an activating group) is 1. The summed E-state index contributed by atoms with van der Waals surface area (Å²) >= 11 is 6.08. The quantitative estimate of drug-likeness (QED) is 0.594. The van der Waals surface area contributed by atoms with Gasteiger partial charge in [-0.3, -0.25) is 9.59 Å². The van der Waals surface area contributed by atoms with Gasteiger partial charge in [-0.2, -0.15) is 0 Å². The Labute approximate surface area is 194 Å². The number of hydrogen-bond acceptors (Lipinski definition) is 5. The van der Waals surface area contributed by atoms with Gasteiger partial charge in [0.2, 0.25) is 10.0 Å². The number of carbonyl (C=O) groups is 2. The molecular weight excluding hydrogens is 454 g/mol. The number of carbonyl (C=O) groups excluding carboxylic acids is 2. The van der Waals surface area contributed by atoms with Crippen molar-refractivity contribution >= 4 is 33.4 Å². The Morgan fingerprint density at radius 3 is 2.34 bits per heavy atom. The topological polar surface area (TPSA) is 96.0 Å². The number of halogens is 1. The number of benzene rings is 2. The third-order valence-corrected chi connectivity index (χ3v) is 7.11. The number of ether oxygens (including phenoxy) is 1. The molecule has 2 rings (SSSR count). The molecule has 0 radical (unpaired) electrons. The van der Waals surface area contributed by atoms with Gasteiger partial charge >= 0.3 is 0 Å². The average Bonchev–Trinajstić information content (AvgIpc) is 2.75. The summed E-state index contributed by atoms with van der Waals surface area (Å²) in [5.74, 6) is -0.155. The summed E-state index contributed by atoms with van der Waals surface area (Å²) in [5.41, 5.74) is 0.875. The molecule has 0 saturated carbocycles. The lowest BCUT2D eigenvalue weighted by molar-refractivity contribution is -0.130. The van der Waals surface area contributed by atoms with Gasteiger partial charge in [0.1, 0.15) is 10.6 Å². The van der Waals surface area contributed by atoms with Crippen LogP contribution in [0.4, 0.5) is 0 Å². The third-order valence-electron chi connectivity index (χ3n) is 4.81. The minimum absolute atomic E-state index is 0.0339. The lowest BCUT2D eigenvalue weighted by atomic mass is 10.0.